The zero-order valence-electron chi connectivity index (χ0n) is 14.3. The van der Waals surface area contributed by atoms with Gasteiger partial charge < -0.3 is 15.4 Å². The highest BCUT2D eigenvalue weighted by atomic mass is 35.5. The van der Waals surface area contributed by atoms with Crippen LogP contribution in [-0.4, -0.2) is 21.0 Å². The van der Waals surface area contributed by atoms with Crippen LogP contribution >= 0.6 is 11.6 Å². The molecular weight excluding hydrogens is 352 g/mol. The lowest BCUT2D eigenvalue weighted by Crippen LogP contribution is -2.26. The maximum Gasteiger partial charge on any atom is 0.342 e. The smallest absolute Gasteiger partial charge is 0.342 e. The summed E-state index contributed by atoms with van der Waals surface area (Å²) in [5, 5.41) is 15.3. The third-order valence-corrected chi connectivity index (χ3v) is 4.45. The van der Waals surface area contributed by atoms with Gasteiger partial charge in [0.05, 0.1) is 6.04 Å². The quantitative estimate of drug-likeness (QED) is 0.501. The molecule has 0 radical (unpaired) electrons. The molecule has 26 heavy (non-hydrogen) atoms. The fourth-order valence-corrected chi connectivity index (χ4v) is 3.16. The van der Waals surface area contributed by atoms with E-state index in [9.17, 15) is 10.1 Å². The van der Waals surface area contributed by atoms with E-state index in [2.05, 4.69) is 10.3 Å². The largest absolute Gasteiger partial charge is 0.358 e. The lowest BCUT2D eigenvalue weighted by atomic mass is 9.99. The number of nitrogens with zero attached hydrogens (tertiary/aromatic N) is 3. The number of rotatable bonds is 7. The lowest BCUT2D eigenvalue weighted by molar-refractivity contribution is -0.392. The number of imidazole rings is 1. The average Bonchev–Trinajstić information content (AvgIpc) is 3.00. The van der Waals surface area contributed by atoms with E-state index in [4.69, 9.17) is 11.6 Å². The summed E-state index contributed by atoms with van der Waals surface area (Å²) in [7, 11) is 0. The van der Waals surface area contributed by atoms with Crippen LogP contribution in [0.15, 0.2) is 60.8 Å². The summed E-state index contributed by atoms with van der Waals surface area (Å²) in [4.78, 5) is 14.8. The number of benzene rings is 2. The molecule has 2 aromatic carbocycles. The number of hydrogen-bond donors (Lipinski definition) is 1. The van der Waals surface area contributed by atoms with E-state index in [1.165, 1.54) is 6.20 Å². The highest BCUT2D eigenvalue weighted by Gasteiger charge is 2.18. The van der Waals surface area contributed by atoms with E-state index in [-0.39, 0.29) is 11.9 Å². The molecule has 1 unspecified atom stereocenters. The minimum absolute atomic E-state index is 0.00307. The average molecular weight is 371 g/mol. The normalized spacial score (nSPS) is 12.1. The Morgan fingerprint density at radius 1 is 1.19 bits per heavy atom. The van der Waals surface area contributed by atoms with Crippen LogP contribution in [0.1, 0.15) is 23.0 Å². The Hall–Kier alpha value is -2.70. The molecule has 0 spiro atoms. The van der Waals surface area contributed by atoms with Gasteiger partial charge in [-0.15, -0.1) is 0 Å². The number of aryl methyl sites for hydroxylation is 1. The van der Waals surface area contributed by atoms with Gasteiger partial charge in [0.2, 0.25) is 0 Å². The van der Waals surface area contributed by atoms with Crippen LogP contribution in [0.4, 0.5) is 5.82 Å². The Morgan fingerprint density at radius 2 is 1.92 bits per heavy atom. The van der Waals surface area contributed by atoms with Crippen LogP contribution in [-0.2, 0) is 6.54 Å². The number of halogens is 1. The molecule has 6 nitrogen and oxygen atoms in total. The fraction of sp³-hybridized carbons (Fsp3) is 0.211. The molecule has 1 N–H and O–H groups in total. The van der Waals surface area contributed by atoms with E-state index in [1.807, 2.05) is 54.6 Å². The molecule has 1 aromatic heterocycles. The fourth-order valence-electron chi connectivity index (χ4n) is 2.96. The maximum atomic E-state index is 11.1. The van der Waals surface area contributed by atoms with Crippen molar-refractivity contribution < 1.29 is 4.92 Å². The summed E-state index contributed by atoms with van der Waals surface area (Å²) >= 11 is 6.15. The molecule has 1 atom stereocenters. The van der Waals surface area contributed by atoms with E-state index in [1.54, 1.807) is 11.5 Å². The van der Waals surface area contributed by atoms with Gasteiger partial charge in [0.15, 0.2) is 5.82 Å². The van der Waals surface area contributed by atoms with E-state index < -0.39 is 4.92 Å². The lowest BCUT2D eigenvalue weighted by Gasteiger charge is -2.20. The van der Waals surface area contributed by atoms with Crippen LogP contribution in [0.2, 0.25) is 5.02 Å². The second-order valence-electron chi connectivity index (χ2n) is 5.93. The van der Waals surface area contributed by atoms with Crippen molar-refractivity contribution in [3.8, 4) is 0 Å². The zero-order valence-corrected chi connectivity index (χ0v) is 15.1. The summed E-state index contributed by atoms with van der Waals surface area (Å²) in [6.45, 7) is 2.76. The number of nitrogens with one attached hydrogen (secondary N) is 1. The molecule has 0 aliphatic heterocycles. The van der Waals surface area contributed by atoms with Crippen LogP contribution in [0.25, 0.3) is 0 Å². The van der Waals surface area contributed by atoms with Gasteiger partial charge in [0, 0.05) is 18.5 Å². The Balaban J connectivity index is 1.79. The molecule has 0 aliphatic rings. The van der Waals surface area contributed by atoms with Gasteiger partial charge in [-0.25, -0.2) is 9.55 Å². The van der Waals surface area contributed by atoms with Crippen molar-refractivity contribution in [1.29, 1.82) is 0 Å². The topological polar surface area (TPSA) is 73.0 Å². The van der Waals surface area contributed by atoms with Crippen molar-refractivity contribution in [2.75, 3.05) is 6.54 Å². The summed E-state index contributed by atoms with van der Waals surface area (Å²) in [6.07, 6.45) is 1.29. The first-order valence-electron chi connectivity index (χ1n) is 8.26. The highest BCUT2D eigenvalue weighted by Crippen LogP contribution is 2.24. The van der Waals surface area contributed by atoms with Crippen LogP contribution in [0.3, 0.4) is 0 Å². The molecule has 0 saturated heterocycles. The highest BCUT2D eigenvalue weighted by molar-refractivity contribution is 6.30. The molecule has 7 heteroatoms. The molecule has 0 aliphatic carbocycles. The number of hydrogen-bond acceptors (Lipinski definition) is 4. The van der Waals surface area contributed by atoms with E-state index >= 15 is 0 Å². The van der Waals surface area contributed by atoms with Crippen LogP contribution in [0.5, 0.6) is 0 Å². The molecule has 0 amide bonds. The number of aromatic nitrogens is 2. The van der Waals surface area contributed by atoms with Crippen molar-refractivity contribution in [3.05, 3.63) is 92.9 Å². The third-order valence-electron chi connectivity index (χ3n) is 4.22. The Bertz CT molecular complexity index is 896. The van der Waals surface area contributed by atoms with Crippen molar-refractivity contribution in [2.24, 2.45) is 0 Å². The minimum atomic E-state index is -0.411. The summed E-state index contributed by atoms with van der Waals surface area (Å²) in [5.74, 6) is 0.626. The van der Waals surface area contributed by atoms with Crippen molar-refractivity contribution in [2.45, 2.75) is 19.5 Å². The predicted octanol–water partition coefficient (Wildman–Crippen LogP) is 4.13. The molecular formula is C19H19ClN4O2. The molecule has 1 heterocycles. The molecule has 3 rings (SSSR count). The summed E-state index contributed by atoms with van der Waals surface area (Å²) in [5.41, 5.74) is 2.15. The monoisotopic (exact) mass is 370 g/mol. The SMILES string of the molecule is Cc1ncc([N+](=O)[O-])n1CCNC(c1ccccc1)c1cccc(Cl)c1. The molecule has 3 aromatic rings. The standard InChI is InChI=1S/C19H19ClN4O2/c1-14-22-13-18(24(25)26)23(14)11-10-21-19(15-6-3-2-4-7-15)16-8-5-9-17(20)12-16/h2-9,12-13,19,21H,10-11H2,1H3. The zero-order chi connectivity index (χ0) is 18.5. The van der Waals surface area contributed by atoms with E-state index in [0.29, 0.717) is 23.9 Å². The van der Waals surface area contributed by atoms with Gasteiger partial charge in [-0.3, -0.25) is 0 Å². The second-order valence-corrected chi connectivity index (χ2v) is 6.36. The van der Waals surface area contributed by atoms with Gasteiger partial charge >= 0.3 is 5.82 Å². The van der Waals surface area contributed by atoms with Gasteiger partial charge in [0.1, 0.15) is 12.7 Å². The van der Waals surface area contributed by atoms with Crippen molar-refractivity contribution in [1.82, 2.24) is 14.9 Å². The van der Waals surface area contributed by atoms with Gasteiger partial charge in [0.25, 0.3) is 0 Å². The first-order chi connectivity index (χ1) is 12.6. The Kier molecular flexibility index (Phi) is 5.65. The first-order valence-corrected chi connectivity index (χ1v) is 8.64. The molecule has 134 valence electrons. The summed E-state index contributed by atoms with van der Waals surface area (Å²) in [6, 6.07) is 17.7. The minimum Gasteiger partial charge on any atom is -0.358 e. The summed E-state index contributed by atoms with van der Waals surface area (Å²) < 4.78 is 1.60. The van der Waals surface area contributed by atoms with Gasteiger partial charge in [-0.2, -0.15) is 0 Å². The molecule has 0 bridgehead atoms. The van der Waals surface area contributed by atoms with E-state index in [0.717, 1.165) is 11.1 Å². The molecule has 0 saturated carbocycles. The van der Waals surface area contributed by atoms with Gasteiger partial charge in [-0.1, -0.05) is 54.1 Å². The van der Waals surface area contributed by atoms with Gasteiger partial charge in [-0.05, 0) is 28.2 Å². The van der Waals surface area contributed by atoms with Crippen molar-refractivity contribution >= 4 is 17.4 Å². The van der Waals surface area contributed by atoms with Crippen LogP contribution < -0.4 is 5.32 Å². The second kappa shape index (κ2) is 8.12. The van der Waals surface area contributed by atoms with Crippen molar-refractivity contribution in [3.63, 3.8) is 0 Å². The predicted molar refractivity (Wildman–Crippen MR) is 101 cm³/mol. The molecule has 0 fully saturated rings. The van der Waals surface area contributed by atoms with Crippen LogP contribution in [0, 0.1) is 17.0 Å². The Morgan fingerprint density at radius 3 is 2.62 bits per heavy atom. The Labute approximate surface area is 156 Å². The first kappa shape index (κ1) is 18.1. The number of nitro groups is 1. The maximum absolute atomic E-state index is 11.1. The third kappa shape index (κ3) is 4.09.